The van der Waals surface area contributed by atoms with Gasteiger partial charge in [0.05, 0.1) is 14.2 Å². The zero-order valence-corrected chi connectivity index (χ0v) is 12.1. The van der Waals surface area contributed by atoms with Crippen molar-refractivity contribution in [1.29, 1.82) is 0 Å². The fourth-order valence-corrected chi connectivity index (χ4v) is 2.57. The smallest absolute Gasteiger partial charge is 0.122 e. The molecule has 1 fully saturated rings. The van der Waals surface area contributed by atoms with Gasteiger partial charge in [-0.25, -0.2) is 0 Å². The molecule has 1 heterocycles. The molecule has 0 aromatic heterocycles. The first-order valence-corrected chi connectivity index (χ1v) is 6.89. The van der Waals surface area contributed by atoms with E-state index in [1.807, 2.05) is 12.1 Å². The number of methoxy groups -OCH3 is 2. The summed E-state index contributed by atoms with van der Waals surface area (Å²) < 4.78 is 10.7. The fraction of sp³-hybridized carbons (Fsp3) is 0.600. The molecule has 1 unspecified atom stereocenters. The molecule has 2 rings (SSSR count). The molecule has 1 atom stereocenters. The maximum absolute atomic E-state index is 5.42. The van der Waals surface area contributed by atoms with Crippen LogP contribution in [0.15, 0.2) is 18.2 Å². The Morgan fingerprint density at radius 3 is 2.84 bits per heavy atom. The largest absolute Gasteiger partial charge is 0.497 e. The van der Waals surface area contributed by atoms with Crippen LogP contribution in [-0.4, -0.2) is 51.3 Å². The number of nitrogens with one attached hydrogen (secondary N) is 1. The topological polar surface area (TPSA) is 33.7 Å². The predicted octanol–water partition coefficient (Wildman–Crippen LogP) is 1.54. The Hall–Kier alpha value is -1.26. The summed E-state index contributed by atoms with van der Waals surface area (Å²) in [6, 6.07) is 6.58. The lowest BCUT2D eigenvalue weighted by atomic mass is 10.1. The molecule has 4 heteroatoms. The van der Waals surface area contributed by atoms with Gasteiger partial charge in [0.25, 0.3) is 0 Å². The van der Waals surface area contributed by atoms with Gasteiger partial charge in [0.2, 0.25) is 0 Å². The molecule has 0 radical (unpaired) electrons. The molecule has 106 valence electrons. The lowest BCUT2D eigenvalue weighted by Crippen LogP contribution is -2.49. The van der Waals surface area contributed by atoms with Crippen LogP contribution in [0, 0.1) is 0 Å². The van der Waals surface area contributed by atoms with Gasteiger partial charge in [-0.15, -0.1) is 0 Å². The van der Waals surface area contributed by atoms with Gasteiger partial charge in [-0.1, -0.05) is 0 Å². The van der Waals surface area contributed by atoms with Crippen molar-refractivity contribution in [1.82, 2.24) is 10.2 Å². The minimum atomic E-state index is 0.584. The zero-order chi connectivity index (χ0) is 13.7. The van der Waals surface area contributed by atoms with Crippen LogP contribution in [0.2, 0.25) is 0 Å². The van der Waals surface area contributed by atoms with Gasteiger partial charge in [0.15, 0.2) is 0 Å². The molecular weight excluding hydrogens is 240 g/mol. The Morgan fingerprint density at radius 2 is 2.16 bits per heavy atom. The normalized spacial score (nSPS) is 20.3. The number of piperazine rings is 1. The van der Waals surface area contributed by atoms with Gasteiger partial charge in [0.1, 0.15) is 11.5 Å². The number of nitrogens with zero attached hydrogens (tertiary/aromatic N) is 1. The summed E-state index contributed by atoms with van der Waals surface area (Å²) in [7, 11) is 3.42. The van der Waals surface area contributed by atoms with Gasteiger partial charge in [-0.3, -0.25) is 0 Å². The third-order valence-electron chi connectivity index (χ3n) is 3.64. The first-order valence-electron chi connectivity index (χ1n) is 6.89. The van der Waals surface area contributed by atoms with Gasteiger partial charge in [0, 0.05) is 32.2 Å². The molecule has 1 N–H and O–H groups in total. The minimum Gasteiger partial charge on any atom is -0.497 e. The van der Waals surface area contributed by atoms with Crippen molar-refractivity contribution in [3.8, 4) is 11.5 Å². The first kappa shape index (κ1) is 14.2. The summed E-state index contributed by atoms with van der Waals surface area (Å²) in [5, 5.41) is 3.46. The molecule has 0 bridgehead atoms. The molecule has 1 aliphatic rings. The second-order valence-electron chi connectivity index (χ2n) is 5.08. The molecule has 0 aliphatic carbocycles. The molecule has 4 nitrogen and oxygen atoms in total. The van der Waals surface area contributed by atoms with E-state index in [0.29, 0.717) is 6.04 Å². The highest BCUT2D eigenvalue weighted by Gasteiger charge is 2.15. The van der Waals surface area contributed by atoms with Gasteiger partial charge in [-0.05, 0) is 37.1 Å². The number of rotatable bonds is 5. The Kier molecular flexibility index (Phi) is 5.05. The number of hydrogen-bond donors (Lipinski definition) is 1. The van der Waals surface area contributed by atoms with Crippen LogP contribution in [0.1, 0.15) is 12.5 Å². The highest BCUT2D eigenvalue weighted by atomic mass is 16.5. The van der Waals surface area contributed by atoms with Crippen molar-refractivity contribution in [2.75, 3.05) is 40.4 Å². The number of benzene rings is 1. The van der Waals surface area contributed by atoms with Crippen molar-refractivity contribution < 1.29 is 9.47 Å². The Morgan fingerprint density at radius 1 is 1.32 bits per heavy atom. The Bertz CT molecular complexity index is 409. The van der Waals surface area contributed by atoms with Crippen LogP contribution in [0.3, 0.4) is 0 Å². The summed E-state index contributed by atoms with van der Waals surface area (Å²) in [5.74, 6) is 1.84. The van der Waals surface area contributed by atoms with E-state index in [9.17, 15) is 0 Å². The van der Waals surface area contributed by atoms with E-state index < -0.39 is 0 Å². The predicted molar refractivity (Wildman–Crippen MR) is 77.2 cm³/mol. The highest BCUT2D eigenvalue weighted by Crippen LogP contribution is 2.24. The molecule has 1 aliphatic heterocycles. The number of ether oxygens (including phenoxy) is 2. The summed E-state index contributed by atoms with van der Waals surface area (Å²) in [6.45, 7) is 6.62. The number of hydrogen-bond acceptors (Lipinski definition) is 4. The summed E-state index contributed by atoms with van der Waals surface area (Å²) in [5.41, 5.74) is 1.22. The Balaban J connectivity index is 1.97. The van der Waals surface area contributed by atoms with E-state index >= 15 is 0 Å². The highest BCUT2D eigenvalue weighted by molar-refractivity contribution is 5.40. The molecule has 0 amide bonds. The van der Waals surface area contributed by atoms with Gasteiger partial charge in [-0.2, -0.15) is 0 Å². The summed E-state index contributed by atoms with van der Waals surface area (Å²) in [4.78, 5) is 2.50. The standard InChI is InChI=1S/C15H24N2O2/c1-12-11-17(9-7-16-12)8-6-13-10-14(18-2)4-5-15(13)19-3/h4-5,10,12,16H,6-9,11H2,1-3H3. The van der Waals surface area contributed by atoms with Crippen molar-refractivity contribution in [3.63, 3.8) is 0 Å². The van der Waals surface area contributed by atoms with E-state index in [1.54, 1.807) is 14.2 Å². The van der Waals surface area contributed by atoms with Gasteiger partial charge < -0.3 is 19.7 Å². The molecule has 1 aromatic rings. The second kappa shape index (κ2) is 6.78. The van der Waals surface area contributed by atoms with E-state index in [-0.39, 0.29) is 0 Å². The second-order valence-corrected chi connectivity index (χ2v) is 5.08. The van der Waals surface area contributed by atoms with Crippen LogP contribution in [0.25, 0.3) is 0 Å². The molecule has 1 saturated heterocycles. The lowest BCUT2D eigenvalue weighted by molar-refractivity contribution is 0.209. The minimum absolute atomic E-state index is 0.584. The molecule has 1 aromatic carbocycles. The van der Waals surface area contributed by atoms with Crippen molar-refractivity contribution in [2.24, 2.45) is 0 Å². The molecule has 19 heavy (non-hydrogen) atoms. The van der Waals surface area contributed by atoms with Crippen LogP contribution in [0.5, 0.6) is 11.5 Å². The van der Waals surface area contributed by atoms with Crippen molar-refractivity contribution in [2.45, 2.75) is 19.4 Å². The first-order chi connectivity index (χ1) is 9.22. The molecule has 0 saturated carbocycles. The van der Waals surface area contributed by atoms with Crippen LogP contribution < -0.4 is 14.8 Å². The maximum Gasteiger partial charge on any atom is 0.122 e. The van der Waals surface area contributed by atoms with E-state index in [4.69, 9.17) is 9.47 Å². The van der Waals surface area contributed by atoms with Crippen molar-refractivity contribution in [3.05, 3.63) is 23.8 Å². The van der Waals surface area contributed by atoms with Crippen LogP contribution in [0.4, 0.5) is 0 Å². The summed E-state index contributed by atoms with van der Waals surface area (Å²) in [6.07, 6.45) is 0.993. The molecule has 0 spiro atoms. The lowest BCUT2D eigenvalue weighted by Gasteiger charge is -2.31. The average Bonchev–Trinajstić information content (AvgIpc) is 2.45. The van der Waals surface area contributed by atoms with E-state index in [0.717, 1.165) is 44.1 Å². The third kappa shape index (κ3) is 3.85. The monoisotopic (exact) mass is 264 g/mol. The summed E-state index contributed by atoms with van der Waals surface area (Å²) >= 11 is 0. The third-order valence-corrected chi connectivity index (χ3v) is 3.64. The van der Waals surface area contributed by atoms with Gasteiger partial charge >= 0.3 is 0 Å². The van der Waals surface area contributed by atoms with E-state index in [2.05, 4.69) is 23.2 Å². The van der Waals surface area contributed by atoms with Crippen molar-refractivity contribution >= 4 is 0 Å². The zero-order valence-electron chi connectivity index (χ0n) is 12.1. The van der Waals surface area contributed by atoms with Crippen LogP contribution >= 0.6 is 0 Å². The van der Waals surface area contributed by atoms with Crippen LogP contribution in [-0.2, 0) is 6.42 Å². The average molecular weight is 264 g/mol. The fourth-order valence-electron chi connectivity index (χ4n) is 2.57. The SMILES string of the molecule is COc1ccc(OC)c(CCN2CCNC(C)C2)c1. The Labute approximate surface area is 115 Å². The molecular formula is C15H24N2O2. The van der Waals surface area contributed by atoms with E-state index in [1.165, 1.54) is 5.56 Å². The maximum atomic E-state index is 5.42. The quantitative estimate of drug-likeness (QED) is 0.874.